The van der Waals surface area contributed by atoms with Crippen LogP contribution in [-0.2, 0) is 15.8 Å². The van der Waals surface area contributed by atoms with Gasteiger partial charge in [0.05, 0.1) is 30.1 Å². The van der Waals surface area contributed by atoms with Gasteiger partial charge in [0.1, 0.15) is 11.9 Å². The van der Waals surface area contributed by atoms with Gasteiger partial charge >= 0.3 is 6.18 Å². The van der Waals surface area contributed by atoms with Gasteiger partial charge in [-0.3, -0.25) is 19.3 Å². The lowest BCUT2D eigenvalue weighted by Gasteiger charge is -2.38. The van der Waals surface area contributed by atoms with Gasteiger partial charge < -0.3 is 15.7 Å². The van der Waals surface area contributed by atoms with Crippen LogP contribution in [0.25, 0.3) is 5.69 Å². The third-order valence-electron chi connectivity index (χ3n) is 8.18. The molecular weight excluding hydrogens is 599 g/mol. The molecule has 0 saturated heterocycles. The first-order valence-corrected chi connectivity index (χ1v) is 14.7. The Bertz CT molecular complexity index is 1850. The molecule has 46 heavy (non-hydrogen) atoms. The van der Waals surface area contributed by atoms with Crippen LogP contribution in [0.15, 0.2) is 90.5 Å². The number of allylic oxidation sites excluding steroid dienone is 1. The summed E-state index contributed by atoms with van der Waals surface area (Å²) in [5.74, 6) is -2.16. The topological polar surface area (TPSA) is 117 Å². The highest BCUT2D eigenvalue weighted by Crippen LogP contribution is 2.44. The molecular formula is C34H30F3N5O4. The Kier molecular flexibility index (Phi) is 8.22. The van der Waals surface area contributed by atoms with Crippen LogP contribution in [0.4, 0.5) is 24.7 Å². The summed E-state index contributed by atoms with van der Waals surface area (Å²) in [6.07, 6.45) is -1.32. The number of aliphatic hydroxyl groups excluding tert-OH is 1. The van der Waals surface area contributed by atoms with Crippen molar-refractivity contribution in [3.8, 4) is 5.69 Å². The van der Waals surface area contributed by atoms with Crippen molar-refractivity contribution in [3.63, 3.8) is 0 Å². The van der Waals surface area contributed by atoms with Crippen LogP contribution in [0.5, 0.6) is 0 Å². The van der Waals surface area contributed by atoms with Gasteiger partial charge in [-0.1, -0.05) is 42.5 Å². The minimum absolute atomic E-state index is 0.127. The minimum Gasteiger partial charge on any atom is -0.395 e. The largest absolute Gasteiger partial charge is 0.416 e. The standard InChI is InChI=1S/C34H30F3N5O4/c1-20-27-28(22-10-7-13-25(19-22)38-30(44)21-8-5-9-21)29(39-31(45)23-11-6-12-24(18-23)34(35,36)37)33(46)41(16-17-43)32(27)42(40-20)26-14-3-2-4-15-26/h2-4,6-8,10-15,18-19,28-29,43H,5,9,16-17H2,1H3,(H,38,44)(H,39,45)/t28-,29+/m1/s1. The van der Waals surface area contributed by atoms with E-state index in [1.807, 2.05) is 36.4 Å². The van der Waals surface area contributed by atoms with Crippen LogP contribution in [0.2, 0.25) is 0 Å². The van der Waals surface area contributed by atoms with Crippen LogP contribution >= 0.6 is 0 Å². The number of rotatable bonds is 8. The van der Waals surface area contributed by atoms with Crippen molar-refractivity contribution in [1.82, 2.24) is 15.1 Å². The fourth-order valence-corrected chi connectivity index (χ4v) is 5.88. The normalized spacial score (nSPS) is 17.5. The number of aryl methyl sites for hydroxylation is 1. The number of carbonyl (C=O) groups excluding carboxylic acids is 3. The molecule has 2 atom stereocenters. The zero-order chi connectivity index (χ0) is 32.6. The smallest absolute Gasteiger partial charge is 0.395 e. The Morgan fingerprint density at radius 1 is 1.00 bits per heavy atom. The molecule has 3 N–H and O–H groups in total. The van der Waals surface area contributed by atoms with Crippen LogP contribution in [0.3, 0.4) is 0 Å². The number of aliphatic hydroxyl groups is 1. The molecule has 0 radical (unpaired) electrons. The van der Waals surface area contributed by atoms with E-state index in [1.54, 1.807) is 35.9 Å². The van der Waals surface area contributed by atoms with Gasteiger partial charge in [-0.15, -0.1) is 0 Å². The average molecular weight is 630 g/mol. The monoisotopic (exact) mass is 629 g/mol. The lowest BCUT2D eigenvalue weighted by atomic mass is 9.80. The predicted molar refractivity (Wildman–Crippen MR) is 165 cm³/mol. The molecule has 236 valence electrons. The van der Waals surface area contributed by atoms with Gasteiger partial charge in [0.25, 0.3) is 17.7 Å². The SMILES string of the molecule is Cc1nn(-c2ccccc2)c2c1[C@@H](c1cccc(NC(=O)C3=CCC3)c1)[C@H](NC(=O)c1cccc(C(F)(F)F)c1)C(=O)N2CCO. The summed E-state index contributed by atoms with van der Waals surface area (Å²) in [5.41, 5.74) is 2.20. The first-order valence-electron chi connectivity index (χ1n) is 14.7. The fourth-order valence-electron chi connectivity index (χ4n) is 5.88. The van der Waals surface area contributed by atoms with Gasteiger partial charge in [-0.05, 0) is 67.8 Å². The highest BCUT2D eigenvalue weighted by molar-refractivity contribution is 6.06. The highest BCUT2D eigenvalue weighted by atomic mass is 19.4. The van der Waals surface area contributed by atoms with Gasteiger partial charge in [0, 0.05) is 28.3 Å². The number of nitrogens with zero attached hydrogens (tertiary/aromatic N) is 3. The average Bonchev–Trinajstić information content (AvgIpc) is 3.35. The maximum atomic E-state index is 14.3. The Labute approximate surface area is 262 Å². The summed E-state index contributed by atoms with van der Waals surface area (Å²) in [4.78, 5) is 41.9. The van der Waals surface area contributed by atoms with E-state index < -0.39 is 42.1 Å². The number of anilines is 2. The number of aromatic nitrogens is 2. The number of amides is 3. The second-order valence-corrected chi connectivity index (χ2v) is 11.1. The van der Waals surface area contributed by atoms with E-state index in [2.05, 4.69) is 10.6 Å². The molecule has 3 amide bonds. The molecule has 9 nitrogen and oxygen atoms in total. The first-order chi connectivity index (χ1) is 22.1. The zero-order valence-electron chi connectivity index (χ0n) is 24.7. The van der Waals surface area contributed by atoms with E-state index >= 15 is 0 Å². The predicted octanol–water partition coefficient (Wildman–Crippen LogP) is 5.13. The van der Waals surface area contributed by atoms with Crippen LogP contribution in [-0.4, -0.2) is 51.8 Å². The van der Waals surface area contributed by atoms with Crippen molar-refractivity contribution >= 4 is 29.2 Å². The van der Waals surface area contributed by atoms with Gasteiger partial charge in [-0.25, -0.2) is 4.68 Å². The fraction of sp³-hybridized carbons (Fsp3) is 0.235. The Hall–Kier alpha value is -5.23. The molecule has 0 spiro atoms. The van der Waals surface area contributed by atoms with Gasteiger partial charge in [-0.2, -0.15) is 18.3 Å². The van der Waals surface area contributed by atoms with Crippen molar-refractivity contribution in [2.24, 2.45) is 0 Å². The molecule has 0 saturated carbocycles. The number of alkyl halides is 3. The molecule has 1 aromatic heterocycles. The number of hydrogen-bond donors (Lipinski definition) is 3. The summed E-state index contributed by atoms with van der Waals surface area (Å²) < 4.78 is 42.0. The molecule has 2 aliphatic rings. The summed E-state index contributed by atoms with van der Waals surface area (Å²) in [7, 11) is 0. The number of para-hydroxylation sites is 1. The van der Waals surface area contributed by atoms with Gasteiger partial charge in [0.15, 0.2) is 0 Å². The molecule has 0 fully saturated rings. The summed E-state index contributed by atoms with van der Waals surface area (Å²) >= 11 is 0. The lowest BCUT2D eigenvalue weighted by molar-refractivity contribution is -0.137. The van der Waals surface area contributed by atoms with Crippen molar-refractivity contribution in [2.75, 3.05) is 23.4 Å². The van der Waals surface area contributed by atoms with Crippen molar-refractivity contribution < 1.29 is 32.7 Å². The Morgan fingerprint density at radius 3 is 2.41 bits per heavy atom. The number of benzene rings is 3. The lowest BCUT2D eigenvalue weighted by Crippen LogP contribution is -2.56. The summed E-state index contributed by atoms with van der Waals surface area (Å²) in [6.45, 7) is 1.23. The zero-order valence-corrected chi connectivity index (χ0v) is 24.7. The minimum atomic E-state index is -4.67. The third kappa shape index (κ3) is 5.79. The Morgan fingerprint density at radius 2 is 1.74 bits per heavy atom. The van der Waals surface area contributed by atoms with Crippen molar-refractivity contribution in [1.29, 1.82) is 0 Å². The van der Waals surface area contributed by atoms with E-state index in [0.717, 1.165) is 24.6 Å². The molecule has 1 aliphatic heterocycles. The molecule has 4 aromatic rings. The number of fused-ring (bicyclic) bond motifs is 1. The van der Waals surface area contributed by atoms with Crippen LogP contribution < -0.4 is 15.5 Å². The number of nitrogens with one attached hydrogen (secondary N) is 2. The summed E-state index contributed by atoms with van der Waals surface area (Å²) in [5, 5.41) is 20.3. The molecule has 0 bridgehead atoms. The van der Waals surface area contributed by atoms with Gasteiger partial charge in [0.2, 0.25) is 0 Å². The Balaban J connectivity index is 1.48. The van der Waals surface area contributed by atoms with Crippen LogP contribution in [0.1, 0.15) is 51.5 Å². The maximum absolute atomic E-state index is 14.3. The third-order valence-corrected chi connectivity index (χ3v) is 8.18. The molecule has 12 heteroatoms. The number of hydrogen-bond acceptors (Lipinski definition) is 5. The quantitative estimate of drug-likeness (QED) is 0.250. The molecule has 2 heterocycles. The van der Waals surface area contributed by atoms with Crippen molar-refractivity contribution in [2.45, 2.75) is 37.9 Å². The maximum Gasteiger partial charge on any atom is 0.416 e. The number of halogens is 3. The second kappa shape index (κ2) is 12.3. The molecule has 3 aromatic carbocycles. The van der Waals surface area contributed by atoms with Crippen LogP contribution in [0, 0.1) is 6.92 Å². The first kappa shape index (κ1) is 30.8. The van der Waals surface area contributed by atoms with E-state index in [0.29, 0.717) is 46.0 Å². The molecule has 0 unspecified atom stereocenters. The number of carbonyl (C=O) groups is 3. The highest BCUT2D eigenvalue weighted by Gasteiger charge is 2.46. The van der Waals surface area contributed by atoms with E-state index in [-0.39, 0.29) is 18.0 Å². The molecule has 6 rings (SSSR count). The summed E-state index contributed by atoms with van der Waals surface area (Å²) in [6, 6.07) is 18.7. The van der Waals surface area contributed by atoms with E-state index in [1.165, 1.54) is 11.0 Å². The van der Waals surface area contributed by atoms with Crippen molar-refractivity contribution in [3.05, 3.63) is 118 Å². The number of β-amino-alcohol motifs (C(OH)–C–C–N with tert-alkyl or cyclic N) is 1. The molecule has 1 aliphatic carbocycles. The second-order valence-electron chi connectivity index (χ2n) is 11.1. The van der Waals surface area contributed by atoms with E-state index in [9.17, 15) is 32.7 Å². The van der Waals surface area contributed by atoms with E-state index in [4.69, 9.17) is 5.10 Å².